The molecule has 2 aromatic heterocycles. The fourth-order valence-corrected chi connectivity index (χ4v) is 2.64. The molecule has 0 aliphatic carbocycles. The highest BCUT2D eigenvalue weighted by atomic mass is 16.3. The minimum Gasteiger partial charge on any atom is -0.464 e. The normalized spacial score (nSPS) is 11.0. The lowest BCUT2D eigenvalue weighted by atomic mass is 10.1. The Morgan fingerprint density at radius 3 is 2.70 bits per heavy atom. The van der Waals surface area contributed by atoms with Crippen LogP contribution in [0, 0.1) is 6.92 Å². The van der Waals surface area contributed by atoms with Crippen molar-refractivity contribution in [2.24, 2.45) is 0 Å². The Morgan fingerprint density at radius 2 is 1.87 bits per heavy atom. The summed E-state index contributed by atoms with van der Waals surface area (Å²) in [5.41, 5.74) is 3.95. The number of fused-ring (bicyclic) bond motifs is 1. The summed E-state index contributed by atoms with van der Waals surface area (Å²) in [6.45, 7) is 1.96. The first-order valence-electron chi connectivity index (χ1n) is 7.24. The molecular formula is C18H13N3O2. The molecule has 2 heterocycles. The van der Waals surface area contributed by atoms with Gasteiger partial charge in [0.2, 0.25) is 0 Å². The molecule has 0 aliphatic heterocycles. The monoisotopic (exact) mass is 303 g/mol. The van der Waals surface area contributed by atoms with Crippen LogP contribution in [0.4, 0.5) is 0 Å². The summed E-state index contributed by atoms with van der Waals surface area (Å²) in [6.07, 6.45) is 1.40. The minimum absolute atomic E-state index is 0.0683. The topological polar surface area (TPSA) is 60.9 Å². The van der Waals surface area contributed by atoms with Crippen LogP contribution in [0.2, 0.25) is 0 Å². The fourth-order valence-electron chi connectivity index (χ4n) is 2.64. The molecule has 0 unspecified atom stereocenters. The number of rotatable bonds is 2. The van der Waals surface area contributed by atoms with E-state index in [1.165, 1.54) is 12.3 Å². The molecule has 0 bridgehead atoms. The van der Waals surface area contributed by atoms with Crippen molar-refractivity contribution in [2.75, 3.05) is 0 Å². The maximum atomic E-state index is 12.0. The number of benzene rings is 2. The summed E-state index contributed by atoms with van der Waals surface area (Å²) in [5, 5.41) is 9.05. The zero-order valence-corrected chi connectivity index (χ0v) is 12.4. The number of hydrogen-bond acceptors (Lipinski definition) is 4. The molecule has 0 saturated heterocycles. The van der Waals surface area contributed by atoms with E-state index in [1.54, 1.807) is 16.8 Å². The van der Waals surface area contributed by atoms with E-state index < -0.39 is 0 Å². The van der Waals surface area contributed by atoms with Crippen molar-refractivity contribution in [1.82, 2.24) is 15.0 Å². The summed E-state index contributed by atoms with van der Waals surface area (Å²) >= 11 is 0. The molecule has 0 fully saturated rings. The molecule has 0 spiro atoms. The molecule has 112 valence electrons. The Morgan fingerprint density at radius 1 is 1.04 bits per heavy atom. The summed E-state index contributed by atoms with van der Waals surface area (Å²) in [7, 11) is 0. The van der Waals surface area contributed by atoms with Gasteiger partial charge in [0.05, 0.1) is 23.0 Å². The summed E-state index contributed by atoms with van der Waals surface area (Å²) in [4.78, 5) is 12.0. The molecule has 23 heavy (non-hydrogen) atoms. The van der Waals surface area contributed by atoms with E-state index in [0.717, 1.165) is 22.6 Å². The Kier molecular flexibility index (Phi) is 3.05. The van der Waals surface area contributed by atoms with E-state index in [-0.39, 0.29) is 5.43 Å². The first kappa shape index (κ1) is 13.5. The Labute approximate surface area is 131 Å². The average Bonchev–Trinajstić information content (AvgIpc) is 2.97. The summed E-state index contributed by atoms with van der Waals surface area (Å²) < 4.78 is 7.13. The van der Waals surface area contributed by atoms with E-state index in [9.17, 15) is 4.79 Å². The van der Waals surface area contributed by atoms with Gasteiger partial charge >= 0.3 is 0 Å². The zero-order valence-electron chi connectivity index (χ0n) is 12.4. The number of hydrogen-bond donors (Lipinski definition) is 0. The molecule has 5 heteroatoms. The maximum Gasteiger partial charge on any atom is 0.192 e. The van der Waals surface area contributed by atoms with Crippen molar-refractivity contribution in [1.29, 1.82) is 0 Å². The van der Waals surface area contributed by atoms with Gasteiger partial charge in [-0.2, -0.15) is 0 Å². The predicted octanol–water partition coefficient (Wildman–Crippen LogP) is 3.35. The lowest BCUT2D eigenvalue weighted by Crippen LogP contribution is -1.99. The minimum atomic E-state index is -0.0683. The summed E-state index contributed by atoms with van der Waals surface area (Å²) in [5.74, 6) is 0. The number of nitrogens with zero attached hydrogens (tertiary/aromatic N) is 3. The molecule has 5 nitrogen and oxygen atoms in total. The molecular weight excluding hydrogens is 290 g/mol. The van der Waals surface area contributed by atoms with E-state index in [2.05, 4.69) is 10.3 Å². The van der Waals surface area contributed by atoms with Crippen molar-refractivity contribution >= 4 is 11.0 Å². The molecule has 4 rings (SSSR count). The van der Waals surface area contributed by atoms with Crippen LogP contribution < -0.4 is 5.43 Å². The van der Waals surface area contributed by atoms with Gasteiger partial charge < -0.3 is 4.42 Å². The van der Waals surface area contributed by atoms with Gasteiger partial charge in [0.1, 0.15) is 11.3 Å². The van der Waals surface area contributed by atoms with Crippen molar-refractivity contribution in [3.63, 3.8) is 0 Å². The highest BCUT2D eigenvalue weighted by Crippen LogP contribution is 2.25. The molecule has 0 amide bonds. The highest BCUT2D eigenvalue weighted by Gasteiger charge is 2.13. The largest absolute Gasteiger partial charge is 0.464 e. The van der Waals surface area contributed by atoms with Crippen LogP contribution in [-0.2, 0) is 0 Å². The molecule has 4 aromatic rings. The maximum absolute atomic E-state index is 12.0. The van der Waals surface area contributed by atoms with E-state index >= 15 is 0 Å². The molecule has 0 radical (unpaired) electrons. The number of aromatic nitrogens is 3. The lowest BCUT2D eigenvalue weighted by Gasteiger charge is -2.04. The third-order valence-corrected chi connectivity index (χ3v) is 3.83. The molecule has 0 N–H and O–H groups in total. The second-order valence-electron chi connectivity index (χ2n) is 5.27. The Bertz CT molecular complexity index is 1050. The standard InChI is InChI=1S/C18H13N3O2/c1-12-18(19-20-21(12)14-5-3-2-4-6-14)13-7-8-17-15(11-13)16(22)9-10-23-17/h2-11H,1H3. The smallest absolute Gasteiger partial charge is 0.192 e. The van der Waals surface area contributed by atoms with Crippen molar-refractivity contribution in [3.8, 4) is 16.9 Å². The Balaban J connectivity index is 1.87. The first-order valence-corrected chi connectivity index (χ1v) is 7.24. The van der Waals surface area contributed by atoms with Gasteiger partial charge in [0.25, 0.3) is 0 Å². The van der Waals surface area contributed by atoms with Crippen LogP contribution in [0.15, 0.2) is 70.1 Å². The van der Waals surface area contributed by atoms with Gasteiger partial charge in [0, 0.05) is 11.6 Å². The second-order valence-corrected chi connectivity index (χ2v) is 5.27. The van der Waals surface area contributed by atoms with Crippen LogP contribution in [0.5, 0.6) is 0 Å². The van der Waals surface area contributed by atoms with Gasteiger partial charge in [-0.05, 0) is 37.3 Å². The van der Waals surface area contributed by atoms with Crippen LogP contribution in [0.25, 0.3) is 27.9 Å². The second kappa shape index (κ2) is 5.21. The van der Waals surface area contributed by atoms with E-state index in [4.69, 9.17) is 4.42 Å². The van der Waals surface area contributed by atoms with Crippen LogP contribution in [-0.4, -0.2) is 15.0 Å². The lowest BCUT2D eigenvalue weighted by molar-refractivity contribution is 0.602. The summed E-state index contributed by atoms with van der Waals surface area (Å²) in [6, 6.07) is 16.7. The van der Waals surface area contributed by atoms with E-state index in [0.29, 0.717) is 11.0 Å². The highest BCUT2D eigenvalue weighted by molar-refractivity contribution is 5.82. The van der Waals surface area contributed by atoms with E-state index in [1.807, 2.05) is 43.3 Å². The van der Waals surface area contributed by atoms with Crippen LogP contribution in [0.3, 0.4) is 0 Å². The van der Waals surface area contributed by atoms with Gasteiger partial charge in [-0.25, -0.2) is 4.68 Å². The third kappa shape index (κ3) is 2.23. The fraction of sp³-hybridized carbons (Fsp3) is 0.0556. The first-order chi connectivity index (χ1) is 11.2. The molecule has 0 saturated carbocycles. The van der Waals surface area contributed by atoms with Crippen LogP contribution in [0.1, 0.15) is 5.69 Å². The van der Waals surface area contributed by atoms with Crippen molar-refractivity contribution in [2.45, 2.75) is 6.92 Å². The zero-order chi connectivity index (χ0) is 15.8. The predicted molar refractivity (Wildman–Crippen MR) is 87.6 cm³/mol. The SMILES string of the molecule is Cc1c(-c2ccc3occc(=O)c3c2)nnn1-c1ccccc1. The van der Waals surface area contributed by atoms with Crippen molar-refractivity contribution < 1.29 is 4.42 Å². The van der Waals surface area contributed by atoms with Gasteiger partial charge in [-0.3, -0.25) is 4.79 Å². The average molecular weight is 303 g/mol. The van der Waals surface area contributed by atoms with Crippen LogP contribution >= 0.6 is 0 Å². The third-order valence-electron chi connectivity index (χ3n) is 3.83. The van der Waals surface area contributed by atoms with Gasteiger partial charge in [-0.1, -0.05) is 23.4 Å². The quantitative estimate of drug-likeness (QED) is 0.570. The number of para-hydroxylation sites is 1. The van der Waals surface area contributed by atoms with Gasteiger partial charge in [-0.15, -0.1) is 5.10 Å². The van der Waals surface area contributed by atoms with Gasteiger partial charge in [0.15, 0.2) is 5.43 Å². The molecule has 0 atom stereocenters. The molecule has 0 aliphatic rings. The Hall–Kier alpha value is -3.21. The van der Waals surface area contributed by atoms with Crippen molar-refractivity contribution in [3.05, 3.63) is 76.8 Å². The molecule has 2 aromatic carbocycles.